The monoisotopic (exact) mass is 382 g/mol. The van der Waals surface area contributed by atoms with E-state index in [4.69, 9.17) is 9.47 Å². The minimum absolute atomic E-state index is 0.119. The number of benzene rings is 1. The molecule has 2 aromatic rings. The summed E-state index contributed by atoms with van der Waals surface area (Å²) in [6.07, 6.45) is 0. The van der Waals surface area contributed by atoms with Gasteiger partial charge in [-0.05, 0) is 52.5 Å². The molecule has 0 aliphatic heterocycles. The zero-order valence-corrected chi connectivity index (χ0v) is 14.5. The summed E-state index contributed by atoms with van der Waals surface area (Å²) in [5, 5.41) is 6.00. The molecule has 116 valence electrons. The Balaban J connectivity index is 1.87. The molecule has 0 aliphatic rings. The lowest BCUT2D eigenvalue weighted by atomic mass is 10.3. The first kappa shape index (κ1) is 16.5. The lowest BCUT2D eigenvalue weighted by molar-refractivity contribution is -0.123. The number of methoxy groups -OCH3 is 1. The van der Waals surface area contributed by atoms with Gasteiger partial charge >= 0.3 is 0 Å². The third-order valence-electron chi connectivity index (χ3n) is 2.72. The normalized spacial score (nSPS) is 11.1. The van der Waals surface area contributed by atoms with E-state index in [-0.39, 0.29) is 12.5 Å². The van der Waals surface area contributed by atoms with Gasteiger partial charge in [-0.15, -0.1) is 11.3 Å². The number of hydrogen-bond donors (Lipinski definition) is 1. The molecule has 1 aromatic heterocycles. The Labute approximate surface area is 141 Å². The third-order valence-corrected chi connectivity index (χ3v) is 4.32. The molecule has 0 aliphatic carbocycles. The highest BCUT2D eigenvalue weighted by Gasteiger charge is 2.07. The average Bonchev–Trinajstić information content (AvgIpc) is 3.05. The number of nitrogens with zero attached hydrogens (tertiary/aromatic N) is 1. The lowest BCUT2D eigenvalue weighted by Crippen LogP contribution is -2.25. The number of carbonyl (C=O) groups is 1. The van der Waals surface area contributed by atoms with Crippen molar-refractivity contribution in [3.63, 3.8) is 0 Å². The van der Waals surface area contributed by atoms with Crippen molar-refractivity contribution in [1.82, 2.24) is 5.43 Å². The van der Waals surface area contributed by atoms with Crippen LogP contribution >= 0.6 is 27.3 Å². The largest absolute Gasteiger partial charge is 0.497 e. The second kappa shape index (κ2) is 7.95. The molecule has 0 spiro atoms. The van der Waals surface area contributed by atoms with Crippen LogP contribution < -0.4 is 14.9 Å². The van der Waals surface area contributed by atoms with Crippen molar-refractivity contribution < 1.29 is 14.3 Å². The van der Waals surface area contributed by atoms with Crippen LogP contribution in [0.2, 0.25) is 0 Å². The van der Waals surface area contributed by atoms with Crippen LogP contribution in [-0.2, 0) is 4.79 Å². The van der Waals surface area contributed by atoms with E-state index in [2.05, 4.69) is 26.5 Å². The van der Waals surface area contributed by atoms with E-state index in [0.717, 1.165) is 15.1 Å². The highest BCUT2D eigenvalue weighted by Crippen LogP contribution is 2.28. The van der Waals surface area contributed by atoms with E-state index < -0.39 is 0 Å². The quantitative estimate of drug-likeness (QED) is 0.614. The number of amides is 1. The second-order valence-electron chi connectivity index (χ2n) is 4.29. The molecule has 0 bridgehead atoms. The van der Waals surface area contributed by atoms with Crippen LogP contribution in [0.15, 0.2) is 45.3 Å². The van der Waals surface area contributed by atoms with E-state index >= 15 is 0 Å². The molecular formula is C15H15BrN2O3S. The standard InChI is InChI=1S/C15H15BrN2O3S/c1-10(14-4-3-7-22-14)17-18-15(19)9-21-13-6-5-11(20-2)8-12(13)16/h3-8H,9H2,1-2H3,(H,18,19). The van der Waals surface area contributed by atoms with Gasteiger partial charge in [-0.25, -0.2) is 5.43 Å². The van der Waals surface area contributed by atoms with Crippen LogP contribution in [0, 0.1) is 0 Å². The number of thiophene rings is 1. The van der Waals surface area contributed by atoms with Crippen molar-refractivity contribution in [1.29, 1.82) is 0 Å². The van der Waals surface area contributed by atoms with Gasteiger partial charge in [-0.2, -0.15) is 5.10 Å². The van der Waals surface area contributed by atoms with Gasteiger partial charge in [-0.1, -0.05) is 6.07 Å². The zero-order chi connectivity index (χ0) is 15.9. The molecule has 0 fully saturated rings. The van der Waals surface area contributed by atoms with E-state index in [1.54, 1.807) is 36.6 Å². The smallest absolute Gasteiger partial charge is 0.277 e. The Morgan fingerprint density at radius 3 is 2.86 bits per heavy atom. The van der Waals surface area contributed by atoms with Gasteiger partial charge in [0.05, 0.1) is 17.3 Å². The number of ether oxygens (including phenoxy) is 2. The number of nitrogens with one attached hydrogen (secondary N) is 1. The molecule has 1 aromatic carbocycles. The molecule has 0 saturated heterocycles. The van der Waals surface area contributed by atoms with E-state index in [9.17, 15) is 4.79 Å². The van der Waals surface area contributed by atoms with Crippen molar-refractivity contribution >= 4 is 38.9 Å². The summed E-state index contributed by atoms with van der Waals surface area (Å²) >= 11 is 4.93. The summed E-state index contributed by atoms with van der Waals surface area (Å²) in [5.41, 5.74) is 3.23. The maximum absolute atomic E-state index is 11.7. The maximum atomic E-state index is 11.7. The van der Waals surface area contributed by atoms with E-state index in [1.807, 2.05) is 24.4 Å². The average molecular weight is 383 g/mol. The van der Waals surface area contributed by atoms with Crippen molar-refractivity contribution in [2.45, 2.75) is 6.92 Å². The van der Waals surface area contributed by atoms with Crippen LogP contribution in [0.1, 0.15) is 11.8 Å². The molecule has 5 nitrogen and oxygen atoms in total. The fourth-order valence-electron chi connectivity index (χ4n) is 1.59. The summed E-state index contributed by atoms with van der Waals surface area (Å²) in [4.78, 5) is 12.8. The lowest BCUT2D eigenvalue weighted by Gasteiger charge is -2.08. The van der Waals surface area contributed by atoms with Crippen LogP contribution in [-0.4, -0.2) is 25.3 Å². The van der Waals surface area contributed by atoms with Crippen molar-refractivity contribution in [2.75, 3.05) is 13.7 Å². The summed E-state index contributed by atoms with van der Waals surface area (Å²) < 4.78 is 11.3. The first-order valence-corrected chi connectivity index (χ1v) is 8.10. The summed E-state index contributed by atoms with van der Waals surface area (Å²) in [6, 6.07) is 9.14. The molecule has 22 heavy (non-hydrogen) atoms. The van der Waals surface area contributed by atoms with Gasteiger partial charge in [-0.3, -0.25) is 4.79 Å². The second-order valence-corrected chi connectivity index (χ2v) is 6.10. The SMILES string of the molecule is COc1ccc(OCC(=O)NN=C(C)c2cccs2)c(Br)c1. The number of halogens is 1. The number of rotatable bonds is 6. The van der Waals surface area contributed by atoms with Gasteiger partial charge < -0.3 is 9.47 Å². The van der Waals surface area contributed by atoms with Gasteiger partial charge in [0.1, 0.15) is 11.5 Å². The van der Waals surface area contributed by atoms with Crippen LogP contribution in [0.3, 0.4) is 0 Å². The summed E-state index contributed by atoms with van der Waals surface area (Å²) in [5.74, 6) is 0.952. The van der Waals surface area contributed by atoms with Gasteiger partial charge in [0, 0.05) is 4.88 Å². The number of carbonyl (C=O) groups excluding carboxylic acids is 1. The Bertz CT molecular complexity index is 671. The molecular weight excluding hydrogens is 368 g/mol. The van der Waals surface area contributed by atoms with Crippen molar-refractivity contribution in [3.05, 3.63) is 45.1 Å². The minimum Gasteiger partial charge on any atom is -0.497 e. The van der Waals surface area contributed by atoms with Crippen LogP contribution in [0.4, 0.5) is 0 Å². The predicted molar refractivity (Wildman–Crippen MR) is 90.9 cm³/mol. The molecule has 2 rings (SSSR count). The van der Waals surface area contributed by atoms with Gasteiger partial charge in [0.25, 0.3) is 5.91 Å². The summed E-state index contributed by atoms with van der Waals surface area (Å²) in [6.45, 7) is 1.72. The molecule has 0 saturated carbocycles. The Morgan fingerprint density at radius 2 is 2.23 bits per heavy atom. The van der Waals surface area contributed by atoms with Crippen molar-refractivity contribution in [2.24, 2.45) is 5.10 Å². The zero-order valence-electron chi connectivity index (χ0n) is 12.1. The first-order valence-electron chi connectivity index (χ1n) is 6.43. The Hall–Kier alpha value is -1.86. The van der Waals surface area contributed by atoms with Crippen LogP contribution in [0.25, 0.3) is 0 Å². The molecule has 0 atom stereocenters. The molecule has 1 N–H and O–H groups in total. The fourth-order valence-corrected chi connectivity index (χ4v) is 2.74. The summed E-state index contributed by atoms with van der Waals surface area (Å²) in [7, 11) is 1.59. The van der Waals surface area contributed by atoms with Gasteiger partial charge in [0.2, 0.25) is 0 Å². The Morgan fingerprint density at radius 1 is 1.41 bits per heavy atom. The van der Waals surface area contributed by atoms with E-state index in [0.29, 0.717) is 11.5 Å². The van der Waals surface area contributed by atoms with Crippen molar-refractivity contribution in [3.8, 4) is 11.5 Å². The predicted octanol–water partition coefficient (Wildman–Crippen LogP) is 3.44. The Kier molecular flexibility index (Phi) is 5.97. The minimum atomic E-state index is -0.321. The first-order chi connectivity index (χ1) is 10.6. The third kappa shape index (κ3) is 4.57. The van der Waals surface area contributed by atoms with E-state index in [1.165, 1.54) is 0 Å². The number of hydrogen-bond acceptors (Lipinski definition) is 5. The highest BCUT2D eigenvalue weighted by atomic mass is 79.9. The molecule has 1 amide bonds. The maximum Gasteiger partial charge on any atom is 0.277 e. The van der Waals surface area contributed by atoms with Gasteiger partial charge in [0.15, 0.2) is 6.61 Å². The van der Waals surface area contributed by atoms with Crippen LogP contribution in [0.5, 0.6) is 11.5 Å². The molecule has 7 heteroatoms. The topological polar surface area (TPSA) is 59.9 Å². The molecule has 0 radical (unpaired) electrons. The highest BCUT2D eigenvalue weighted by molar-refractivity contribution is 9.10. The molecule has 1 heterocycles. The fraction of sp³-hybridized carbons (Fsp3) is 0.200. The number of hydrazone groups is 1. The molecule has 0 unspecified atom stereocenters.